The Morgan fingerprint density at radius 1 is 1.43 bits per heavy atom. The molecule has 0 aliphatic carbocycles. The number of rotatable bonds is 4. The highest BCUT2D eigenvalue weighted by Gasteiger charge is 2.35. The Kier molecular flexibility index (Phi) is 4.95. The summed E-state index contributed by atoms with van der Waals surface area (Å²) in [6.45, 7) is 0.225. The summed E-state index contributed by atoms with van der Waals surface area (Å²) < 4.78 is 37.7. The second-order valence-electron chi connectivity index (χ2n) is 5.29. The van der Waals surface area contributed by atoms with E-state index in [4.69, 9.17) is 0 Å². The largest absolute Gasteiger partial charge is 0.319 e. The highest BCUT2D eigenvalue weighted by Crippen LogP contribution is 2.27. The van der Waals surface area contributed by atoms with Gasteiger partial charge in [-0.2, -0.15) is 4.31 Å². The molecule has 0 saturated carbocycles. The Bertz CT molecular complexity index is 737. The summed E-state index contributed by atoms with van der Waals surface area (Å²) in [5.41, 5.74) is -0.750. The van der Waals surface area contributed by atoms with Crippen LogP contribution in [0.5, 0.6) is 0 Å². The Balaban J connectivity index is 2.26. The number of hydrogen-bond acceptors (Lipinski definition) is 5. The lowest BCUT2D eigenvalue weighted by molar-refractivity contribution is -0.384. The quantitative estimate of drug-likeness (QED) is 0.657. The molecule has 23 heavy (non-hydrogen) atoms. The van der Waals surface area contributed by atoms with Gasteiger partial charge in [0.05, 0.1) is 17.2 Å². The average molecular weight is 345 g/mol. The zero-order chi connectivity index (χ0) is 17.2. The molecule has 1 aromatic carbocycles. The third-order valence-electron chi connectivity index (χ3n) is 3.60. The number of sulfonamides is 1. The van der Waals surface area contributed by atoms with Crippen LogP contribution >= 0.6 is 0 Å². The van der Waals surface area contributed by atoms with Crippen molar-refractivity contribution in [2.24, 2.45) is 0 Å². The van der Waals surface area contributed by atoms with Gasteiger partial charge in [-0.15, -0.1) is 0 Å². The molecule has 1 aliphatic heterocycles. The number of amides is 1. The number of carbonyl (C=O) groups excluding carboxylic acids is 1. The molecule has 1 atom stereocenters. The Labute approximate surface area is 132 Å². The molecule has 1 fully saturated rings. The van der Waals surface area contributed by atoms with Crippen molar-refractivity contribution in [2.75, 3.05) is 18.1 Å². The minimum atomic E-state index is -3.57. The highest BCUT2D eigenvalue weighted by molar-refractivity contribution is 7.88. The number of nitrogens with zero attached hydrogens (tertiary/aromatic N) is 2. The van der Waals surface area contributed by atoms with Crippen LogP contribution in [0.4, 0.5) is 15.8 Å². The number of anilines is 1. The second kappa shape index (κ2) is 6.59. The minimum absolute atomic E-state index is 0.166. The van der Waals surface area contributed by atoms with Crippen molar-refractivity contribution in [3.05, 3.63) is 34.1 Å². The van der Waals surface area contributed by atoms with Gasteiger partial charge in [0, 0.05) is 6.54 Å². The number of benzene rings is 1. The SMILES string of the molecule is CS(=O)(=O)N1CCCC[C@H]1C(=O)Nc1ccc(F)cc1[N+](=O)[O-]. The molecule has 0 spiro atoms. The van der Waals surface area contributed by atoms with Crippen molar-refractivity contribution in [1.29, 1.82) is 0 Å². The van der Waals surface area contributed by atoms with Crippen LogP contribution in [0.3, 0.4) is 0 Å². The molecule has 8 nitrogen and oxygen atoms in total. The molecule has 1 N–H and O–H groups in total. The van der Waals surface area contributed by atoms with Gasteiger partial charge in [0.15, 0.2) is 0 Å². The molecule has 0 bridgehead atoms. The van der Waals surface area contributed by atoms with E-state index in [9.17, 15) is 27.7 Å². The van der Waals surface area contributed by atoms with Crippen LogP contribution in [-0.2, 0) is 14.8 Å². The molecule has 0 unspecified atom stereocenters. The Morgan fingerprint density at radius 2 is 2.13 bits per heavy atom. The Hall–Kier alpha value is -2.07. The first-order chi connectivity index (χ1) is 10.7. The van der Waals surface area contributed by atoms with Gasteiger partial charge in [-0.25, -0.2) is 12.8 Å². The molecule has 2 rings (SSSR count). The first-order valence-electron chi connectivity index (χ1n) is 6.92. The van der Waals surface area contributed by atoms with Gasteiger partial charge in [-0.05, 0) is 25.0 Å². The van der Waals surface area contributed by atoms with E-state index in [0.717, 1.165) is 22.7 Å². The van der Waals surface area contributed by atoms with Gasteiger partial charge in [0.1, 0.15) is 17.5 Å². The molecular weight excluding hydrogens is 329 g/mol. The molecule has 0 radical (unpaired) electrons. The fourth-order valence-electron chi connectivity index (χ4n) is 2.54. The fourth-order valence-corrected chi connectivity index (χ4v) is 3.67. The number of piperidine rings is 1. The molecular formula is C13H16FN3O5S. The van der Waals surface area contributed by atoms with E-state index in [0.29, 0.717) is 25.3 Å². The number of nitro benzene ring substituents is 1. The van der Waals surface area contributed by atoms with Gasteiger partial charge in [0.2, 0.25) is 15.9 Å². The zero-order valence-electron chi connectivity index (χ0n) is 12.4. The minimum Gasteiger partial charge on any atom is -0.319 e. The maximum Gasteiger partial charge on any atom is 0.295 e. The van der Waals surface area contributed by atoms with Crippen LogP contribution in [0.1, 0.15) is 19.3 Å². The highest BCUT2D eigenvalue weighted by atomic mass is 32.2. The zero-order valence-corrected chi connectivity index (χ0v) is 13.2. The van der Waals surface area contributed by atoms with E-state index in [2.05, 4.69) is 5.32 Å². The van der Waals surface area contributed by atoms with Crippen molar-refractivity contribution >= 4 is 27.3 Å². The number of carbonyl (C=O) groups is 1. The maximum atomic E-state index is 13.1. The lowest BCUT2D eigenvalue weighted by Crippen LogP contribution is -2.49. The number of nitrogens with one attached hydrogen (secondary N) is 1. The van der Waals surface area contributed by atoms with Crippen molar-refractivity contribution in [3.8, 4) is 0 Å². The summed E-state index contributed by atoms with van der Waals surface area (Å²) in [7, 11) is -3.57. The predicted octanol–water partition coefficient (Wildman–Crippen LogP) is 1.49. The Morgan fingerprint density at radius 3 is 2.74 bits per heavy atom. The fraction of sp³-hybridized carbons (Fsp3) is 0.462. The molecule has 126 valence electrons. The standard InChI is InChI=1S/C13H16FN3O5S/c1-23(21,22)16-7-3-2-4-11(16)13(18)15-10-6-5-9(14)8-12(10)17(19)20/h5-6,8,11H,2-4,7H2,1H3,(H,15,18)/t11-/m0/s1. The van der Waals surface area contributed by atoms with E-state index < -0.39 is 38.4 Å². The normalized spacial score (nSPS) is 19.3. The van der Waals surface area contributed by atoms with E-state index in [1.807, 2.05) is 0 Å². The van der Waals surface area contributed by atoms with Gasteiger partial charge in [-0.1, -0.05) is 6.42 Å². The van der Waals surface area contributed by atoms with E-state index in [1.54, 1.807) is 0 Å². The second-order valence-corrected chi connectivity index (χ2v) is 7.23. The number of hydrogen-bond donors (Lipinski definition) is 1. The van der Waals surface area contributed by atoms with E-state index in [1.165, 1.54) is 0 Å². The predicted molar refractivity (Wildman–Crippen MR) is 80.9 cm³/mol. The smallest absolute Gasteiger partial charge is 0.295 e. The summed E-state index contributed by atoms with van der Waals surface area (Å²) in [5.74, 6) is -1.46. The summed E-state index contributed by atoms with van der Waals surface area (Å²) in [6.07, 6.45) is 2.66. The van der Waals surface area contributed by atoms with Crippen LogP contribution in [0.15, 0.2) is 18.2 Å². The van der Waals surface area contributed by atoms with Crippen LogP contribution in [0.2, 0.25) is 0 Å². The van der Waals surface area contributed by atoms with Crippen molar-refractivity contribution in [2.45, 2.75) is 25.3 Å². The van der Waals surface area contributed by atoms with Crippen molar-refractivity contribution < 1.29 is 22.5 Å². The third kappa shape index (κ3) is 4.02. The summed E-state index contributed by atoms with van der Waals surface area (Å²) in [4.78, 5) is 22.5. The molecule has 10 heteroatoms. The molecule has 1 saturated heterocycles. The first-order valence-corrected chi connectivity index (χ1v) is 8.76. The summed E-state index contributed by atoms with van der Waals surface area (Å²) in [6, 6.07) is 1.84. The van der Waals surface area contributed by atoms with E-state index >= 15 is 0 Å². The third-order valence-corrected chi connectivity index (χ3v) is 4.89. The van der Waals surface area contributed by atoms with Gasteiger partial charge >= 0.3 is 0 Å². The monoisotopic (exact) mass is 345 g/mol. The topological polar surface area (TPSA) is 110 Å². The number of nitro groups is 1. The van der Waals surface area contributed by atoms with Crippen LogP contribution in [-0.4, -0.2) is 42.4 Å². The maximum absolute atomic E-state index is 13.1. The average Bonchev–Trinajstić information content (AvgIpc) is 2.48. The molecule has 1 heterocycles. The molecule has 1 aliphatic rings. The van der Waals surface area contributed by atoms with Crippen molar-refractivity contribution in [1.82, 2.24) is 4.31 Å². The summed E-state index contributed by atoms with van der Waals surface area (Å²) >= 11 is 0. The van der Waals surface area contributed by atoms with Gasteiger partial charge < -0.3 is 5.32 Å². The van der Waals surface area contributed by atoms with Gasteiger partial charge in [0.25, 0.3) is 5.69 Å². The number of halogens is 1. The lowest BCUT2D eigenvalue weighted by Gasteiger charge is -2.32. The molecule has 1 amide bonds. The molecule has 1 aromatic rings. The van der Waals surface area contributed by atoms with E-state index in [-0.39, 0.29) is 12.2 Å². The van der Waals surface area contributed by atoms with Gasteiger partial charge in [-0.3, -0.25) is 14.9 Å². The lowest BCUT2D eigenvalue weighted by atomic mass is 10.0. The van der Waals surface area contributed by atoms with Crippen LogP contribution in [0.25, 0.3) is 0 Å². The van der Waals surface area contributed by atoms with Crippen LogP contribution < -0.4 is 5.32 Å². The molecule has 0 aromatic heterocycles. The van der Waals surface area contributed by atoms with Crippen LogP contribution in [0, 0.1) is 15.9 Å². The van der Waals surface area contributed by atoms with Crippen molar-refractivity contribution in [3.63, 3.8) is 0 Å². The summed E-state index contributed by atoms with van der Waals surface area (Å²) in [5, 5.41) is 13.3. The first kappa shape index (κ1) is 17.3.